The van der Waals surface area contributed by atoms with Crippen LogP contribution < -0.4 is 4.74 Å². The van der Waals surface area contributed by atoms with E-state index in [2.05, 4.69) is 0 Å². The van der Waals surface area contributed by atoms with Crippen molar-refractivity contribution < 1.29 is 14.6 Å². The van der Waals surface area contributed by atoms with Gasteiger partial charge in [-0.1, -0.05) is 30.3 Å². The van der Waals surface area contributed by atoms with Crippen molar-refractivity contribution in [2.45, 2.75) is 13.5 Å². The molecular formula is C16H13NO3. The van der Waals surface area contributed by atoms with Crippen molar-refractivity contribution in [2.75, 3.05) is 0 Å². The Kier molecular flexibility index (Phi) is 4.02. The first-order chi connectivity index (χ1) is 9.63. The predicted molar refractivity (Wildman–Crippen MR) is 73.6 cm³/mol. The number of hydrogen-bond donors (Lipinski definition) is 1. The van der Waals surface area contributed by atoms with E-state index in [1.54, 1.807) is 13.0 Å². The van der Waals surface area contributed by atoms with Crippen LogP contribution in [0.15, 0.2) is 42.5 Å². The molecule has 0 spiro atoms. The molecule has 0 aliphatic carbocycles. The maximum atomic E-state index is 11.3. The van der Waals surface area contributed by atoms with Gasteiger partial charge in [0.05, 0.1) is 11.6 Å². The molecule has 0 heterocycles. The third-order valence-corrected chi connectivity index (χ3v) is 3.00. The maximum Gasteiger partial charge on any atom is 0.339 e. The summed E-state index contributed by atoms with van der Waals surface area (Å²) in [5.74, 6) is -0.819. The topological polar surface area (TPSA) is 70.3 Å². The van der Waals surface area contributed by atoms with Gasteiger partial charge in [-0.3, -0.25) is 0 Å². The zero-order valence-electron chi connectivity index (χ0n) is 11.0. The van der Waals surface area contributed by atoms with Crippen molar-refractivity contribution in [1.29, 1.82) is 5.26 Å². The number of rotatable bonds is 4. The summed E-state index contributed by atoms with van der Waals surface area (Å²) in [6.45, 7) is 1.89. The first kappa shape index (κ1) is 13.6. The van der Waals surface area contributed by atoms with Crippen LogP contribution in [0.2, 0.25) is 0 Å². The van der Waals surface area contributed by atoms with Crippen LogP contribution in [0.4, 0.5) is 0 Å². The van der Waals surface area contributed by atoms with Crippen molar-refractivity contribution in [1.82, 2.24) is 0 Å². The molecule has 0 fully saturated rings. The highest BCUT2D eigenvalue weighted by Gasteiger charge is 2.17. The molecule has 0 atom stereocenters. The highest BCUT2D eigenvalue weighted by Crippen LogP contribution is 2.25. The van der Waals surface area contributed by atoms with Gasteiger partial charge < -0.3 is 9.84 Å². The Bertz CT molecular complexity index is 672. The van der Waals surface area contributed by atoms with E-state index in [-0.39, 0.29) is 17.9 Å². The number of aromatic carboxylic acids is 1. The molecule has 2 aromatic carbocycles. The number of ether oxygens (including phenoxy) is 1. The summed E-state index contributed by atoms with van der Waals surface area (Å²) in [6, 6.07) is 14.5. The first-order valence-corrected chi connectivity index (χ1v) is 6.07. The van der Waals surface area contributed by atoms with Crippen molar-refractivity contribution >= 4 is 5.97 Å². The second-order valence-corrected chi connectivity index (χ2v) is 4.30. The Morgan fingerprint density at radius 1 is 1.25 bits per heavy atom. The summed E-state index contributed by atoms with van der Waals surface area (Å²) >= 11 is 0. The maximum absolute atomic E-state index is 11.3. The standard InChI is InChI=1S/C16H13NO3/c1-11-13(9-17)7-8-14(15(11)16(18)19)20-10-12-5-3-2-4-6-12/h2-8H,10H2,1H3,(H,18,19). The average molecular weight is 267 g/mol. The summed E-state index contributed by atoms with van der Waals surface area (Å²) in [7, 11) is 0. The number of nitriles is 1. The second kappa shape index (κ2) is 5.89. The molecule has 1 N–H and O–H groups in total. The molecule has 0 bridgehead atoms. The number of nitrogens with zero attached hydrogens (tertiary/aromatic N) is 1. The smallest absolute Gasteiger partial charge is 0.339 e. The summed E-state index contributed by atoms with van der Waals surface area (Å²) in [6.07, 6.45) is 0. The van der Waals surface area contributed by atoms with E-state index >= 15 is 0 Å². The van der Waals surface area contributed by atoms with Crippen LogP contribution in [0.1, 0.15) is 27.0 Å². The van der Waals surface area contributed by atoms with Gasteiger partial charge in [0.25, 0.3) is 0 Å². The van der Waals surface area contributed by atoms with Crippen molar-refractivity contribution in [3.05, 3.63) is 64.7 Å². The molecule has 20 heavy (non-hydrogen) atoms. The van der Waals surface area contributed by atoms with Gasteiger partial charge in [0.2, 0.25) is 0 Å². The van der Waals surface area contributed by atoms with E-state index in [9.17, 15) is 9.90 Å². The number of carbonyl (C=O) groups is 1. The minimum absolute atomic E-state index is 0.0416. The molecule has 4 heteroatoms. The van der Waals surface area contributed by atoms with E-state index < -0.39 is 5.97 Å². The van der Waals surface area contributed by atoms with Gasteiger partial charge in [0, 0.05) is 0 Å². The quantitative estimate of drug-likeness (QED) is 0.923. The summed E-state index contributed by atoms with van der Waals surface area (Å²) < 4.78 is 5.57. The lowest BCUT2D eigenvalue weighted by Gasteiger charge is -2.12. The molecule has 100 valence electrons. The Balaban J connectivity index is 2.31. The minimum Gasteiger partial charge on any atom is -0.488 e. The molecule has 2 aromatic rings. The molecule has 0 unspecified atom stereocenters. The van der Waals surface area contributed by atoms with Crippen LogP contribution >= 0.6 is 0 Å². The highest BCUT2D eigenvalue weighted by atomic mass is 16.5. The molecule has 0 aliphatic rings. The van der Waals surface area contributed by atoms with Crippen molar-refractivity contribution in [2.24, 2.45) is 0 Å². The Labute approximate surface area is 116 Å². The van der Waals surface area contributed by atoms with Gasteiger partial charge in [-0.25, -0.2) is 4.79 Å². The van der Waals surface area contributed by atoms with Gasteiger partial charge in [0.15, 0.2) is 0 Å². The van der Waals surface area contributed by atoms with Gasteiger partial charge in [0.1, 0.15) is 17.9 Å². The van der Waals surface area contributed by atoms with Gasteiger partial charge in [-0.05, 0) is 30.2 Å². The fourth-order valence-corrected chi connectivity index (χ4v) is 1.93. The van der Waals surface area contributed by atoms with Gasteiger partial charge in [-0.15, -0.1) is 0 Å². The third kappa shape index (κ3) is 2.78. The van der Waals surface area contributed by atoms with E-state index in [4.69, 9.17) is 10.00 Å². The van der Waals surface area contributed by atoms with E-state index in [1.165, 1.54) is 6.07 Å². The lowest BCUT2D eigenvalue weighted by Crippen LogP contribution is -2.07. The minimum atomic E-state index is -1.09. The predicted octanol–water partition coefficient (Wildman–Crippen LogP) is 3.14. The molecular weight excluding hydrogens is 254 g/mol. The highest BCUT2D eigenvalue weighted by molar-refractivity contribution is 5.93. The molecule has 0 aromatic heterocycles. The molecule has 0 aliphatic heterocycles. The number of benzene rings is 2. The van der Waals surface area contributed by atoms with E-state index in [0.717, 1.165) is 5.56 Å². The van der Waals surface area contributed by atoms with E-state index in [1.807, 2.05) is 36.4 Å². The number of hydrogen-bond acceptors (Lipinski definition) is 3. The molecule has 0 saturated carbocycles. The molecule has 0 amide bonds. The van der Waals surface area contributed by atoms with Crippen LogP contribution in [-0.4, -0.2) is 11.1 Å². The van der Waals surface area contributed by atoms with Crippen molar-refractivity contribution in [3.63, 3.8) is 0 Å². The zero-order valence-corrected chi connectivity index (χ0v) is 11.0. The second-order valence-electron chi connectivity index (χ2n) is 4.30. The molecule has 0 saturated heterocycles. The normalized spacial score (nSPS) is 9.80. The van der Waals surface area contributed by atoms with Crippen LogP contribution in [0.25, 0.3) is 0 Å². The third-order valence-electron chi connectivity index (χ3n) is 3.00. The fraction of sp³-hybridized carbons (Fsp3) is 0.125. The Morgan fingerprint density at radius 2 is 1.95 bits per heavy atom. The summed E-state index contributed by atoms with van der Waals surface area (Å²) in [5, 5.41) is 18.2. The van der Waals surface area contributed by atoms with Gasteiger partial charge in [-0.2, -0.15) is 5.26 Å². The lowest BCUT2D eigenvalue weighted by atomic mass is 10.0. The summed E-state index contributed by atoms with van der Waals surface area (Å²) in [4.78, 5) is 11.3. The lowest BCUT2D eigenvalue weighted by molar-refractivity contribution is 0.0691. The number of carboxylic acid groups (broad SMARTS) is 1. The van der Waals surface area contributed by atoms with Crippen LogP contribution in [0.5, 0.6) is 5.75 Å². The van der Waals surface area contributed by atoms with Crippen LogP contribution in [-0.2, 0) is 6.61 Å². The fourth-order valence-electron chi connectivity index (χ4n) is 1.93. The SMILES string of the molecule is Cc1c(C#N)ccc(OCc2ccccc2)c1C(=O)O. The Morgan fingerprint density at radius 3 is 2.55 bits per heavy atom. The molecule has 2 rings (SSSR count). The zero-order chi connectivity index (χ0) is 14.5. The monoisotopic (exact) mass is 267 g/mol. The van der Waals surface area contributed by atoms with E-state index in [0.29, 0.717) is 11.1 Å². The largest absolute Gasteiger partial charge is 0.488 e. The van der Waals surface area contributed by atoms with Crippen LogP contribution in [0.3, 0.4) is 0 Å². The first-order valence-electron chi connectivity index (χ1n) is 6.07. The van der Waals surface area contributed by atoms with Crippen molar-refractivity contribution in [3.8, 4) is 11.8 Å². The number of carboxylic acids is 1. The molecule has 4 nitrogen and oxygen atoms in total. The average Bonchev–Trinajstić information content (AvgIpc) is 2.45. The Hall–Kier alpha value is -2.80. The van der Waals surface area contributed by atoms with Crippen LogP contribution in [0, 0.1) is 18.3 Å². The summed E-state index contributed by atoms with van der Waals surface area (Å²) in [5.41, 5.74) is 1.76. The molecule has 0 radical (unpaired) electrons. The van der Waals surface area contributed by atoms with Gasteiger partial charge >= 0.3 is 5.97 Å².